The lowest BCUT2D eigenvalue weighted by molar-refractivity contribution is 0.162. The molecule has 1 nitrogen and oxygen atoms in total. The van der Waals surface area contributed by atoms with Crippen LogP contribution >= 0.6 is 23.2 Å². The molecule has 0 heterocycles. The van der Waals surface area contributed by atoms with E-state index >= 15 is 0 Å². The van der Waals surface area contributed by atoms with Gasteiger partial charge in [-0.1, -0.05) is 36.4 Å². The van der Waals surface area contributed by atoms with Crippen molar-refractivity contribution in [3.63, 3.8) is 0 Å². The molecule has 1 aromatic rings. The van der Waals surface area contributed by atoms with Gasteiger partial charge in [-0.2, -0.15) is 0 Å². The van der Waals surface area contributed by atoms with E-state index in [0.29, 0.717) is 0 Å². The first kappa shape index (κ1) is 16.2. The van der Waals surface area contributed by atoms with E-state index in [1.165, 1.54) is 0 Å². The lowest BCUT2D eigenvalue weighted by Crippen LogP contribution is -1.84. The zero-order valence-electron chi connectivity index (χ0n) is 8.75. The average Bonchev–Trinajstić information content (AvgIpc) is 2.24. The summed E-state index contributed by atoms with van der Waals surface area (Å²) < 4.78 is 4.83. The van der Waals surface area contributed by atoms with Crippen molar-refractivity contribution in [2.45, 2.75) is 13.8 Å². The molecule has 0 bridgehead atoms. The van der Waals surface area contributed by atoms with Gasteiger partial charge in [-0.15, -0.1) is 23.2 Å². The quantitative estimate of drug-likeness (QED) is 0.702. The van der Waals surface area contributed by atoms with Crippen LogP contribution in [0.4, 0.5) is 0 Å². The van der Waals surface area contributed by atoms with Crippen molar-refractivity contribution in [3.8, 4) is 0 Å². The maximum Gasteiger partial charge on any atom is 0.0967 e. The Kier molecular flexibility index (Phi) is 21.4. The lowest BCUT2D eigenvalue weighted by Gasteiger charge is -1.86. The fourth-order valence-electron chi connectivity index (χ4n) is 0.589. The van der Waals surface area contributed by atoms with E-state index in [0.717, 1.165) is 13.2 Å². The molecule has 0 fully saturated rings. The summed E-state index contributed by atoms with van der Waals surface area (Å²) in [5.41, 5.74) is 0. The van der Waals surface area contributed by atoms with Gasteiger partial charge in [-0.25, -0.2) is 0 Å². The maximum absolute atomic E-state index is 4.83. The molecule has 0 aliphatic carbocycles. The molecular weight excluding hydrogens is 219 g/mol. The maximum atomic E-state index is 4.83. The Morgan fingerprint density at radius 1 is 0.786 bits per heavy atom. The number of ether oxygens (including phenoxy) is 1. The summed E-state index contributed by atoms with van der Waals surface area (Å²) in [6, 6.07) is 12.0. The first-order valence-electron chi connectivity index (χ1n) is 4.53. The van der Waals surface area contributed by atoms with Crippen molar-refractivity contribution in [1.82, 2.24) is 0 Å². The van der Waals surface area contributed by atoms with Gasteiger partial charge in [0.2, 0.25) is 0 Å². The molecule has 0 N–H and O–H groups in total. The second kappa shape index (κ2) is 18.5. The molecule has 1 aromatic carbocycles. The van der Waals surface area contributed by atoms with Crippen LogP contribution in [0.25, 0.3) is 0 Å². The Bertz CT molecular complexity index is 128. The van der Waals surface area contributed by atoms with Gasteiger partial charge in [-0.3, -0.25) is 0 Å². The number of benzene rings is 1. The third-order valence-electron chi connectivity index (χ3n) is 1.07. The van der Waals surface area contributed by atoms with Gasteiger partial charge in [0, 0.05) is 13.2 Å². The number of hydrogen-bond acceptors (Lipinski definition) is 1. The Balaban J connectivity index is 0. The van der Waals surface area contributed by atoms with Gasteiger partial charge in [0.1, 0.15) is 0 Å². The molecule has 0 aliphatic heterocycles. The van der Waals surface area contributed by atoms with Crippen LogP contribution in [-0.2, 0) is 4.74 Å². The van der Waals surface area contributed by atoms with Crippen LogP contribution in [0.15, 0.2) is 36.4 Å². The van der Waals surface area contributed by atoms with Crippen molar-refractivity contribution in [2.75, 3.05) is 18.6 Å². The zero-order valence-corrected chi connectivity index (χ0v) is 10.3. The van der Waals surface area contributed by atoms with Crippen LogP contribution in [0.2, 0.25) is 0 Å². The summed E-state index contributed by atoms with van der Waals surface area (Å²) in [5, 5.41) is 0.194. The number of rotatable bonds is 2. The lowest BCUT2D eigenvalue weighted by atomic mass is 10.4. The highest BCUT2D eigenvalue weighted by Gasteiger charge is 1.64. The van der Waals surface area contributed by atoms with Crippen LogP contribution in [0.1, 0.15) is 13.8 Å². The van der Waals surface area contributed by atoms with Gasteiger partial charge in [0.25, 0.3) is 0 Å². The molecule has 3 heteroatoms. The highest BCUT2D eigenvalue weighted by molar-refractivity contribution is 6.40. The molecular formula is C11H18Cl2O. The summed E-state index contributed by atoms with van der Waals surface area (Å²) in [5.74, 6) is 0. The largest absolute Gasteiger partial charge is 0.382 e. The third kappa shape index (κ3) is 22.6. The number of halogens is 2. The van der Waals surface area contributed by atoms with Crippen molar-refractivity contribution in [1.29, 1.82) is 0 Å². The highest BCUT2D eigenvalue weighted by Crippen LogP contribution is 1.79. The van der Waals surface area contributed by atoms with E-state index in [-0.39, 0.29) is 5.34 Å². The Hall–Kier alpha value is -0.240. The van der Waals surface area contributed by atoms with Crippen LogP contribution in [-0.4, -0.2) is 18.6 Å². The SMILES string of the molecule is CCOCC.ClCCl.c1ccccc1. The molecule has 0 aromatic heterocycles. The Labute approximate surface area is 97.0 Å². The van der Waals surface area contributed by atoms with Crippen LogP contribution in [0, 0.1) is 0 Å². The van der Waals surface area contributed by atoms with Gasteiger partial charge >= 0.3 is 0 Å². The molecule has 0 radical (unpaired) electrons. The smallest absolute Gasteiger partial charge is 0.0967 e. The van der Waals surface area contributed by atoms with Crippen molar-refractivity contribution < 1.29 is 4.74 Å². The second-order valence-corrected chi connectivity index (χ2v) is 2.85. The monoisotopic (exact) mass is 236 g/mol. The minimum atomic E-state index is 0.194. The summed E-state index contributed by atoms with van der Waals surface area (Å²) in [7, 11) is 0. The van der Waals surface area contributed by atoms with Crippen LogP contribution < -0.4 is 0 Å². The van der Waals surface area contributed by atoms with Gasteiger partial charge in [0.15, 0.2) is 0 Å². The molecule has 0 aliphatic rings. The van der Waals surface area contributed by atoms with Crippen LogP contribution in [0.3, 0.4) is 0 Å². The van der Waals surface area contributed by atoms with E-state index in [4.69, 9.17) is 27.9 Å². The second-order valence-electron chi connectivity index (χ2n) is 2.04. The van der Waals surface area contributed by atoms with E-state index in [1.807, 2.05) is 50.2 Å². The summed E-state index contributed by atoms with van der Waals surface area (Å²) in [4.78, 5) is 0. The first-order chi connectivity index (χ1) is 6.83. The molecule has 0 amide bonds. The zero-order chi connectivity index (χ0) is 11.1. The molecule has 14 heavy (non-hydrogen) atoms. The van der Waals surface area contributed by atoms with Gasteiger partial charge in [-0.05, 0) is 13.8 Å². The van der Waals surface area contributed by atoms with Gasteiger partial charge < -0.3 is 4.74 Å². The molecule has 0 saturated heterocycles. The number of hydrogen-bond donors (Lipinski definition) is 0. The Morgan fingerprint density at radius 3 is 1.07 bits per heavy atom. The fraction of sp³-hybridized carbons (Fsp3) is 0.455. The molecule has 82 valence electrons. The average molecular weight is 237 g/mol. The first-order valence-corrected chi connectivity index (χ1v) is 5.60. The van der Waals surface area contributed by atoms with E-state index in [9.17, 15) is 0 Å². The van der Waals surface area contributed by atoms with Crippen LogP contribution in [0.5, 0.6) is 0 Å². The van der Waals surface area contributed by atoms with Crippen molar-refractivity contribution >= 4 is 23.2 Å². The topological polar surface area (TPSA) is 9.23 Å². The number of alkyl halides is 2. The predicted molar refractivity (Wildman–Crippen MR) is 65.2 cm³/mol. The third-order valence-corrected chi connectivity index (χ3v) is 1.07. The molecule has 0 spiro atoms. The summed E-state index contributed by atoms with van der Waals surface area (Å²) in [6.45, 7) is 5.67. The van der Waals surface area contributed by atoms with Crippen molar-refractivity contribution in [2.24, 2.45) is 0 Å². The molecule has 1 rings (SSSR count). The van der Waals surface area contributed by atoms with E-state index in [1.54, 1.807) is 0 Å². The van der Waals surface area contributed by atoms with Gasteiger partial charge in [0.05, 0.1) is 5.34 Å². The van der Waals surface area contributed by atoms with E-state index < -0.39 is 0 Å². The Morgan fingerprint density at radius 2 is 1.00 bits per heavy atom. The van der Waals surface area contributed by atoms with Crippen molar-refractivity contribution in [3.05, 3.63) is 36.4 Å². The van der Waals surface area contributed by atoms with E-state index in [2.05, 4.69) is 0 Å². The normalized spacial score (nSPS) is 7.71. The molecule has 0 atom stereocenters. The standard InChI is InChI=1S/C6H6.C4H10O.CH2Cl2/c1-2-4-6-5-3-1;1-3-5-4-2;2-1-3/h1-6H;3-4H2,1-2H3;1H2. The summed E-state index contributed by atoms with van der Waals surface area (Å²) in [6.07, 6.45) is 0. The summed E-state index contributed by atoms with van der Waals surface area (Å²) >= 11 is 9.53. The highest BCUT2D eigenvalue weighted by atomic mass is 35.5. The fourth-order valence-corrected chi connectivity index (χ4v) is 0.589. The minimum Gasteiger partial charge on any atom is -0.382 e. The predicted octanol–water partition coefficient (Wildman–Crippen LogP) is 4.15. The molecule has 0 unspecified atom stereocenters. The molecule has 0 saturated carbocycles. The minimum absolute atomic E-state index is 0.194.